The number of hydrogen-bond acceptors (Lipinski definition) is 1. The van der Waals surface area contributed by atoms with Crippen molar-refractivity contribution in [1.82, 2.24) is 5.32 Å². The van der Waals surface area contributed by atoms with Crippen LogP contribution in [-0.4, -0.2) is 6.54 Å². The third kappa shape index (κ3) is 3.14. The average Bonchev–Trinajstić information content (AvgIpc) is 2.78. The van der Waals surface area contributed by atoms with Crippen molar-refractivity contribution >= 4 is 0 Å². The predicted octanol–water partition coefficient (Wildman–Crippen LogP) is 4.47. The Bertz CT molecular complexity index is 354. The van der Waals surface area contributed by atoms with Crippen LogP contribution in [0.4, 0.5) is 0 Å². The van der Waals surface area contributed by atoms with E-state index in [1.54, 1.807) is 0 Å². The topological polar surface area (TPSA) is 12.0 Å². The first-order chi connectivity index (χ1) is 8.72. The monoisotopic (exact) mass is 245 g/mol. The van der Waals surface area contributed by atoms with E-state index in [0.717, 1.165) is 18.4 Å². The number of benzene rings is 1. The van der Waals surface area contributed by atoms with Crippen LogP contribution in [0, 0.1) is 18.8 Å². The van der Waals surface area contributed by atoms with E-state index < -0.39 is 0 Å². The summed E-state index contributed by atoms with van der Waals surface area (Å²) in [6.07, 6.45) is 5.41. The van der Waals surface area contributed by atoms with E-state index in [2.05, 4.69) is 50.4 Å². The summed E-state index contributed by atoms with van der Waals surface area (Å²) in [6, 6.07) is 9.68. The van der Waals surface area contributed by atoms with Crippen LogP contribution in [-0.2, 0) is 0 Å². The van der Waals surface area contributed by atoms with Gasteiger partial charge in [-0.1, -0.05) is 56.5 Å². The van der Waals surface area contributed by atoms with Crippen molar-refractivity contribution in [3.8, 4) is 0 Å². The Hall–Kier alpha value is -0.820. The molecule has 1 nitrogen and oxygen atoms in total. The van der Waals surface area contributed by atoms with Gasteiger partial charge >= 0.3 is 0 Å². The highest BCUT2D eigenvalue weighted by molar-refractivity contribution is 5.25. The first-order valence-electron chi connectivity index (χ1n) is 7.52. The molecule has 0 amide bonds. The third-order valence-electron chi connectivity index (χ3n) is 4.41. The van der Waals surface area contributed by atoms with E-state index in [9.17, 15) is 0 Å². The molecule has 0 bridgehead atoms. The van der Waals surface area contributed by atoms with Crippen LogP contribution in [0.2, 0.25) is 0 Å². The molecular formula is C17H27N. The smallest absolute Gasteiger partial charge is 0.0351 e. The van der Waals surface area contributed by atoms with Crippen LogP contribution in [0.15, 0.2) is 24.3 Å². The molecule has 0 aliphatic heterocycles. The minimum atomic E-state index is 0.558. The average molecular weight is 245 g/mol. The molecule has 18 heavy (non-hydrogen) atoms. The van der Waals surface area contributed by atoms with Gasteiger partial charge in [-0.2, -0.15) is 0 Å². The molecule has 3 atom stereocenters. The van der Waals surface area contributed by atoms with Gasteiger partial charge in [-0.05, 0) is 43.7 Å². The Kier molecular flexibility index (Phi) is 4.82. The van der Waals surface area contributed by atoms with Gasteiger partial charge in [-0.15, -0.1) is 0 Å². The van der Waals surface area contributed by atoms with Crippen molar-refractivity contribution in [1.29, 1.82) is 0 Å². The standard InChI is InChI=1S/C17H27N/c1-4-12-18-17(16-7-5-6-14(16)3)15-10-8-13(2)9-11-15/h8-11,14,16-18H,4-7,12H2,1-3H3. The molecule has 1 fully saturated rings. The zero-order valence-corrected chi connectivity index (χ0v) is 12.1. The summed E-state index contributed by atoms with van der Waals surface area (Å²) in [4.78, 5) is 0. The quantitative estimate of drug-likeness (QED) is 0.807. The van der Waals surface area contributed by atoms with Gasteiger partial charge < -0.3 is 5.32 Å². The molecule has 1 aliphatic carbocycles. The molecule has 0 radical (unpaired) electrons. The zero-order valence-electron chi connectivity index (χ0n) is 12.1. The van der Waals surface area contributed by atoms with Crippen molar-refractivity contribution in [2.75, 3.05) is 6.54 Å². The van der Waals surface area contributed by atoms with Crippen molar-refractivity contribution in [2.45, 2.75) is 52.5 Å². The fourth-order valence-corrected chi connectivity index (χ4v) is 3.26. The first-order valence-corrected chi connectivity index (χ1v) is 7.52. The van der Waals surface area contributed by atoms with E-state index in [-0.39, 0.29) is 0 Å². The maximum absolute atomic E-state index is 3.78. The van der Waals surface area contributed by atoms with Gasteiger partial charge in [0.25, 0.3) is 0 Å². The summed E-state index contributed by atoms with van der Waals surface area (Å²) in [5.74, 6) is 1.68. The van der Waals surface area contributed by atoms with Gasteiger partial charge in [0.1, 0.15) is 0 Å². The fourth-order valence-electron chi connectivity index (χ4n) is 3.26. The normalized spacial score (nSPS) is 25.3. The first kappa shape index (κ1) is 13.6. The molecule has 2 rings (SSSR count). The SMILES string of the molecule is CCCNC(c1ccc(C)cc1)C1CCCC1C. The minimum Gasteiger partial charge on any atom is -0.310 e. The Balaban J connectivity index is 2.15. The molecule has 1 aliphatic rings. The van der Waals surface area contributed by atoms with E-state index in [4.69, 9.17) is 0 Å². The summed E-state index contributed by atoms with van der Waals surface area (Å²) < 4.78 is 0. The second-order valence-corrected chi connectivity index (χ2v) is 5.91. The second-order valence-electron chi connectivity index (χ2n) is 5.91. The van der Waals surface area contributed by atoms with Gasteiger partial charge in [0.05, 0.1) is 0 Å². The van der Waals surface area contributed by atoms with Gasteiger partial charge in [0, 0.05) is 6.04 Å². The van der Waals surface area contributed by atoms with Crippen LogP contribution in [0.1, 0.15) is 56.7 Å². The molecular weight excluding hydrogens is 218 g/mol. The molecule has 0 spiro atoms. The van der Waals surface area contributed by atoms with Crippen LogP contribution < -0.4 is 5.32 Å². The van der Waals surface area contributed by atoms with Crippen molar-refractivity contribution in [2.24, 2.45) is 11.8 Å². The largest absolute Gasteiger partial charge is 0.310 e. The fraction of sp³-hybridized carbons (Fsp3) is 0.647. The van der Waals surface area contributed by atoms with E-state index >= 15 is 0 Å². The highest BCUT2D eigenvalue weighted by Crippen LogP contribution is 2.40. The van der Waals surface area contributed by atoms with Crippen LogP contribution in [0.25, 0.3) is 0 Å². The molecule has 100 valence electrons. The lowest BCUT2D eigenvalue weighted by Crippen LogP contribution is -2.30. The number of rotatable bonds is 5. The second kappa shape index (κ2) is 6.38. The molecule has 3 unspecified atom stereocenters. The predicted molar refractivity (Wildman–Crippen MR) is 78.7 cm³/mol. The van der Waals surface area contributed by atoms with Crippen LogP contribution >= 0.6 is 0 Å². The summed E-state index contributed by atoms with van der Waals surface area (Å²) >= 11 is 0. The Morgan fingerprint density at radius 3 is 2.50 bits per heavy atom. The van der Waals surface area contributed by atoms with Gasteiger partial charge in [0.15, 0.2) is 0 Å². The van der Waals surface area contributed by atoms with Gasteiger partial charge in [0.2, 0.25) is 0 Å². The Labute approximate surface area is 112 Å². The lowest BCUT2D eigenvalue weighted by molar-refractivity contribution is 0.302. The lowest BCUT2D eigenvalue weighted by Gasteiger charge is -2.28. The lowest BCUT2D eigenvalue weighted by atomic mass is 9.85. The number of hydrogen-bond donors (Lipinski definition) is 1. The molecule has 0 heterocycles. The van der Waals surface area contributed by atoms with Crippen molar-refractivity contribution < 1.29 is 0 Å². The summed E-state index contributed by atoms with van der Waals surface area (Å²) in [5.41, 5.74) is 2.83. The third-order valence-corrected chi connectivity index (χ3v) is 4.41. The van der Waals surface area contributed by atoms with E-state index in [1.165, 1.54) is 36.8 Å². The Morgan fingerprint density at radius 2 is 1.94 bits per heavy atom. The van der Waals surface area contributed by atoms with Crippen LogP contribution in [0.3, 0.4) is 0 Å². The molecule has 1 N–H and O–H groups in total. The Morgan fingerprint density at radius 1 is 1.22 bits per heavy atom. The van der Waals surface area contributed by atoms with E-state index in [0.29, 0.717) is 6.04 Å². The van der Waals surface area contributed by atoms with Crippen LogP contribution in [0.5, 0.6) is 0 Å². The number of aryl methyl sites for hydroxylation is 1. The number of nitrogens with one attached hydrogen (secondary N) is 1. The van der Waals surface area contributed by atoms with Gasteiger partial charge in [-0.25, -0.2) is 0 Å². The molecule has 0 aromatic heterocycles. The van der Waals surface area contributed by atoms with Crippen molar-refractivity contribution in [3.63, 3.8) is 0 Å². The molecule has 1 saturated carbocycles. The van der Waals surface area contributed by atoms with E-state index in [1.807, 2.05) is 0 Å². The molecule has 0 saturated heterocycles. The molecule has 1 aromatic carbocycles. The summed E-state index contributed by atoms with van der Waals surface area (Å²) in [6.45, 7) is 7.96. The maximum Gasteiger partial charge on any atom is 0.0351 e. The van der Waals surface area contributed by atoms with Gasteiger partial charge in [-0.3, -0.25) is 0 Å². The summed E-state index contributed by atoms with van der Waals surface area (Å²) in [5, 5.41) is 3.78. The highest BCUT2D eigenvalue weighted by atomic mass is 14.9. The van der Waals surface area contributed by atoms with Crippen molar-refractivity contribution in [3.05, 3.63) is 35.4 Å². The minimum absolute atomic E-state index is 0.558. The maximum atomic E-state index is 3.78. The zero-order chi connectivity index (χ0) is 13.0. The highest BCUT2D eigenvalue weighted by Gasteiger charge is 2.31. The molecule has 1 aromatic rings. The molecule has 1 heteroatoms. The summed E-state index contributed by atoms with van der Waals surface area (Å²) in [7, 11) is 0.